The zero-order valence-corrected chi connectivity index (χ0v) is 5.28. The van der Waals surface area contributed by atoms with Crippen molar-refractivity contribution in [1.82, 2.24) is 0 Å². The maximum atomic E-state index is 0. The van der Waals surface area contributed by atoms with E-state index in [0.29, 0.717) is 0 Å². The van der Waals surface area contributed by atoms with E-state index in [4.69, 9.17) is 0 Å². The predicted molar refractivity (Wildman–Crippen MR) is 11.3 cm³/mol. The molecule has 0 aliphatic carbocycles. The molecule has 0 nitrogen and oxygen atoms in total. The average Bonchev–Trinajstić information content (AvgIpc) is 0. The summed E-state index contributed by atoms with van der Waals surface area (Å²) in [6.07, 6.45) is 0. The molecule has 0 amide bonds. The van der Waals surface area contributed by atoms with Gasteiger partial charge in [0.15, 0.2) is 0 Å². The van der Waals surface area contributed by atoms with Crippen molar-refractivity contribution in [2.75, 3.05) is 0 Å². The molecule has 4 heteroatoms. The Bertz CT molecular complexity index is 8.00. The van der Waals surface area contributed by atoms with Crippen LogP contribution in [0.2, 0.25) is 0 Å². The van der Waals surface area contributed by atoms with Crippen LogP contribution in [-0.2, 0) is 54.6 Å². The number of hydrogen-bond acceptors (Lipinski definition) is 0. The maximum absolute atomic E-state index is 0. The first-order valence-corrected chi connectivity index (χ1v) is 0. The van der Waals surface area contributed by atoms with Crippen LogP contribution >= 0.6 is 0 Å². The molecule has 0 aliphatic rings. The van der Waals surface area contributed by atoms with Crippen molar-refractivity contribution in [3.63, 3.8) is 0 Å². The second-order valence-electron chi connectivity index (χ2n) is 0. The van der Waals surface area contributed by atoms with Gasteiger partial charge in [-0.1, -0.05) is 0 Å². The molecule has 0 aromatic carbocycles. The molecule has 0 heterocycles. The van der Waals surface area contributed by atoms with Crippen molar-refractivity contribution < 1.29 is 54.6 Å². The van der Waals surface area contributed by atoms with Crippen LogP contribution in [0.25, 0.3) is 0 Å². The Morgan fingerprint density at radius 1 is 1.00 bits per heavy atom. The normalized spacial score (nSPS) is 0. The van der Waals surface area contributed by atoms with E-state index in [1.165, 1.54) is 0 Å². The van der Waals surface area contributed by atoms with Crippen molar-refractivity contribution in [2.24, 2.45) is 0 Å². The summed E-state index contributed by atoms with van der Waals surface area (Å²) in [4.78, 5) is 0. The van der Waals surface area contributed by atoms with Crippen LogP contribution < -0.4 is 0 Å². The van der Waals surface area contributed by atoms with Crippen molar-refractivity contribution in [2.45, 2.75) is 0 Å². The Morgan fingerprint density at radius 3 is 1.00 bits per heavy atom. The second kappa shape index (κ2) is 20.5. The summed E-state index contributed by atoms with van der Waals surface area (Å²) in [5.41, 5.74) is 0. The fourth-order valence-electron chi connectivity index (χ4n) is 0. The third-order valence-electron chi connectivity index (χ3n) is 0. The molecule has 0 spiro atoms. The van der Waals surface area contributed by atoms with Gasteiger partial charge in [0, 0.05) is 54.6 Å². The second-order valence-corrected chi connectivity index (χ2v) is 0. The van der Waals surface area contributed by atoms with Crippen molar-refractivity contribution in [3.05, 3.63) is 0 Å². The molecule has 0 aromatic heterocycles. The van der Waals surface area contributed by atoms with Crippen molar-refractivity contribution in [3.8, 4) is 0 Å². The maximum Gasteiger partial charge on any atom is 0 e. The zero-order chi connectivity index (χ0) is 0. The Hall–Kier alpha value is 1.92. The van der Waals surface area contributed by atoms with Gasteiger partial charge in [0.2, 0.25) is 0 Å². The first-order chi connectivity index (χ1) is 0. The van der Waals surface area contributed by atoms with Gasteiger partial charge in [-0.2, -0.15) is 0 Å². The number of rotatable bonds is 0. The molecule has 31 valence electrons. The van der Waals surface area contributed by atoms with Gasteiger partial charge < -0.3 is 0 Å². The summed E-state index contributed by atoms with van der Waals surface area (Å²) in [5.74, 6) is 0. The van der Waals surface area contributed by atoms with Gasteiger partial charge in [0.25, 0.3) is 0 Å². The van der Waals surface area contributed by atoms with E-state index in [-0.39, 0.29) is 65.6 Å². The molecular weight excluding hydrogens is 238 g/mol. The molecule has 0 fully saturated rings. The van der Waals surface area contributed by atoms with E-state index in [2.05, 4.69) is 0 Å². The quantitative estimate of drug-likeness (QED) is 0.455. The molecule has 0 aromatic rings. The van der Waals surface area contributed by atoms with Gasteiger partial charge in [-0.05, 0) is 11.0 Å². The summed E-state index contributed by atoms with van der Waals surface area (Å²) >= 11 is 0. The molecule has 0 unspecified atom stereocenters. The Labute approximate surface area is 65.2 Å². The van der Waals surface area contributed by atoms with Crippen LogP contribution in [-0.4, -0.2) is 11.0 Å². The molecule has 0 bridgehead atoms. The number of hydrogen-bond donors (Lipinski definition) is 0. The Kier molecular flexibility index (Phi) is 200. The minimum absolute atomic E-state index is 0. The van der Waals surface area contributed by atoms with Gasteiger partial charge in [0.1, 0.15) is 0 Å². The zero-order valence-electron chi connectivity index (χ0n) is 1.10. The van der Waals surface area contributed by atoms with Gasteiger partial charge in [0.05, 0.1) is 0 Å². The smallest absolute Gasteiger partial charge is 0 e. The van der Waals surface area contributed by atoms with Crippen LogP contribution in [0.5, 0.6) is 0 Å². The van der Waals surface area contributed by atoms with Crippen LogP contribution in [0.1, 0.15) is 0 Å². The van der Waals surface area contributed by atoms with Gasteiger partial charge >= 0.3 is 0 Å². The predicted octanol–water partition coefficient (Wildman–Crippen LogP) is -1.46. The molecule has 0 aliphatic heterocycles. The van der Waals surface area contributed by atoms with Crippen LogP contribution in [0, 0.1) is 0 Å². The summed E-state index contributed by atoms with van der Waals surface area (Å²) in [7, 11) is 0. The fourth-order valence-corrected chi connectivity index (χ4v) is 0. The molecule has 1 radical (unpaired) electrons. The molecular formula is H4MnMoNiSi. The molecule has 0 N–H and O–H groups in total. The topological polar surface area (TPSA) is 0 Å². The summed E-state index contributed by atoms with van der Waals surface area (Å²) in [5, 5.41) is 0. The first-order valence-electron chi connectivity index (χ1n) is 0. The molecule has 0 saturated carbocycles. The van der Waals surface area contributed by atoms with E-state index in [0.717, 1.165) is 0 Å². The third-order valence-corrected chi connectivity index (χ3v) is 0. The summed E-state index contributed by atoms with van der Waals surface area (Å²) in [6.45, 7) is 0. The van der Waals surface area contributed by atoms with Crippen molar-refractivity contribution >= 4 is 11.0 Å². The molecule has 0 atom stereocenters. The molecule has 4 heavy (non-hydrogen) atoms. The molecule has 0 saturated heterocycles. The van der Waals surface area contributed by atoms with Gasteiger partial charge in [-0.15, -0.1) is 0 Å². The first kappa shape index (κ1) is 38.9. The van der Waals surface area contributed by atoms with E-state index >= 15 is 0 Å². The van der Waals surface area contributed by atoms with E-state index < -0.39 is 0 Å². The van der Waals surface area contributed by atoms with Crippen LogP contribution in [0.4, 0.5) is 0 Å². The van der Waals surface area contributed by atoms with Gasteiger partial charge in [-0.3, -0.25) is 0 Å². The standard InChI is InChI=1S/Mn.Mo.Ni.H4Si/h;;;1H4. The third kappa shape index (κ3) is 9.07. The minimum atomic E-state index is 0. The molecule has 0 rings (SSSR count). The summed E-state index contributed by atoms with van der Waals surface area (Å²) < 4.78 is 0. The van der Waals surface area contributed by atoms with Crippen molar-refractivity contribution in [1.29, 1.82) is 0 Å². The average molecular weight is 242 g/mol. The Balaban J connectivity index is 0. The monoisotopic (exact) mass is 243 g/mol. The van der Waals surface area contributed by atoms with Crippen LogP contribution in [0.3, 0.4) is 0 Å². The fraction of sp³-hybridized carbons (Fsp3) is 0. The van der Waals surface area contributed by atoms with Gasteiger partial charge in [-0.25, -0.2) is 0 Å². The van der Waals surface area contributed by atoms with Crippen LogP contribution in [0.15, 0.2) is 0 Å². The Morgan fingerprint density at radius 2 is 1.00 bits per heavy atom. The van der Waals surface area contributed by atoms with E-state index in [1.807, 2.05) is 0 Å². The summed E-state index contributed by atoms with van der Waals surface area (Å²) in [6, 6.07) is 0. The van der Waals surface area contributed by atoms with E-state index in [9.17, 15) is 0 Å². The van der Waals surface area contributed by atoms with E-state index in [1.54, 1.807) is 0 Å². The minimum Gasteiger partial charge on any atom is -0.0149 e. The largest absolute Gasteiger partial charge is 0.0149 e. The SMILES string of the molecule is [Mn].[Mo].[Ni].[SiH4].